The predicted molar refractivity (Wildman–Crippen MR) is 102 cm³/mol. The molecule has 1 aromatic heterocycles. The Labute approximate surface area is 163 Å². The molecule has 8 nitrogen and oxygen atoms in total. The number of carbonyl (C=O) groups is 2. The summed E-state index contributed by atoms with van der Waals surface area (Å²) in [5, 5.41) is 24.1. The zero-order valence-electron chi connectivity index (χ0n) is 14.1. The maximum atomic E-state index is 12.1. The Kier molecular flexibility index (Phi) is 5.72. The van der Waals surface area contributed by atoms with Crippen molar-refractivity contribution in [1.29, 1.82) is 0 Å². The highest BCUT2D eigenvalue weighted by Gasteiger charge is 2.13. The van der Waals surface area contributed by atoms with Crippen molar-refractivity contribution in [3.05, 3.63) is 58.6 Å². The van der Waals surface area contributed by atoms with Gasteiger partial charge in [0.2, 0.25) is 11.1 Å². The fourth-order valence-electron chi connectivity index (χ4n) is 2.17. The van der Waals surface area contributed by atoms with Crippen LogP contribution in [0, 0.1) is 6.92 Å². The molecule has 0 unspecified atom stereocenters. The number of halogens is 1. The highest BCUT2D eigenvalue weighted by molar-refractivity contribution is 7.99. The summed E-state index contributed by atoms with van der Waals surface area (Å²) in [7, 11) is 0. The maximum absolute atomic E-state index is 12.1. The van der Waals surface area contributed by atoms with Crippen LogP contribution in [0.15, 0.2) is 47.6 Å². The van der Waals surface area contributed by atoms with Gasteiger partial charge in [0.25, 0.3) is 0 Å². The summed E-state index contributed by atoms with van der Waals surface area (Å²) >= 11 is 7.31. The maximum Gasteiger partial charge on any atom is 0.335 e. The van der Waals surface area contributed by atoms with E-state index in [1.807, 2.05) is 19.1 Å². The molecule has 3 aromatic rings. The lowest BCUT2D eigenvalue weighted by Gasteiger charge is -2.07. The van der Waals surface area contributed by atoms with Gasteiger partial charge in [-0.25, -0.2) is 4.79 Å². The number of rotatable bonds is 6. The minimum absolute atomic E-state index is 0.0840. The lowest BCUT2D eigenvalue weighted by molar-refractivity contribution is -0.113. The van der Waals surface area contributed by atoms with E-state index in [-0.39, 0.29) is 17.2 Å². The van der Waals surface area contributed by atoms with Gasteiger partial charge in [0.05, 0.1) is 17.0 Å². The number of nitrogens with zero attached hydrogens (tertiary/aromatic N) is 4. The Bertz CT molecular complexity index is 990. The van der Waals surface area contributed by atoms with Crippen LogP contribution >= 0.6 is 23.4 Å². The van der Waals surface area contributed by atoms with Crippen LogP contribution in [0.25, 0.3) is 5.69 Å². The zero-order chi connectivity index (χ0) is 19.4. The molecule has 2 aromatic carbocycles. The number of nitrogens with one attached hydrogen (secondary N) is 1. The number of thioether (sulfide) groups is 1. The smallest absolute Gasteiger partial charge is 0.335 e. The van der Waals surface area contributed by atoms with Crippen LogP contribution in [0.4, 0.5) is 5.69 Å². The highest BCUT2D eigenvalue weighted by atomic mass is 35.5. The Morgan fingerprint density at radius 3 is 2.63 bits per heavy atom. The Morgan fingerprint density at radius 2 is 1.96 bits per heavy atom. The van der Waals surface area contributed by atoms with E-state index in [0.29, 0.717) is 21.6 Å². The number of carboxylic acid groups (broad SMARTS) is 1. The van der Waals surface area contributed by atoms with Gasteiger partial charge in [0.1, 0.15) is 0 Å². The van der Waals surface area contributed by atoms with E-state index in [4.69, 9.17) is 16.7 Å². The van der Waals surface area contributed by atoms with Gasteiger partial charge in [-0.1, -0.05) is 29.4 Å². The van der Waals surface area contributed by atoms with Gasteiger partial charge in [-0.3, -0.25) is 4.79 Å². The molecular weight excluding hydrogens is 390 g/mol. The van der Waals surface area contributed by atoms with Crippen molar-refractivity contribution < 1.29 is 14.7 Å². The number of anilines is 1. The average molecular weight is 404 g/mol. The van der Waals surface area contributed by atoms with Gasteiger partial charge >= 0.3 is 5.97 Å². The van der Waals surface area contributed by atoms with Crippen molar-refractivity contribution >= 4 is 40.9 Å². The van der Waals surface area contributed by atoms with E-state index in [2.05, 4.69) is 20.8 Å². The molecule has 1 amide bonds. The molecule has 0 atom stereocenters. The van der Waals surface area contributed by atoms with Gasteiger partial charge in [0, 0.05) is 10.7 Å². The van der Waals surface area contributed by atoms with Crippen LogP contribution in [-0.4, -0.2) is 42.9 Å². The van der Waals surface area contributed by atoms with Crippen LogP contribution in [-0.2, 0) is 4.79 Å². The zero-order valence-corrected chi connectivity index (χ0v) is 15.7. The van der Waals surface area contributed by atoms with Crippen molar-refractivity contribution in [1.82, 2.24) is 20.2 Å². The summed E-state index contributed by atoms with van der Waals surface area (Å²) in [4.78, 5) is 23.0. The average Bonchev–Trinajstić information content (AvgIpc) is 3.11. The summed E-state index contributed by atoms with van der Waals surface area (Å²) in [6, 6.07) is 11.4. The first kappa shape index (κ1) is 18.9. The number of carbonyl (C=O) groups excluding carboxylic acids is 1. The molecule has 0 saturated carbocycles. The lowest BCUT2D eigenvalue weighted by atomic mass is 10.2. The largest absolute Gasteiger partial charge is 0.478 e. The molecule has 0 saturated heterocycles. The molecular formula is C17H14ClN5O3S. The molecule has 27 heavy (non-hydrogen) atoms. The van der Waals surface area contributed by atoms with E-state index in [1.165, 1.54) is 40.7 Å². The van der Waals surface area contributed by atoms with Crippen LogP contribution < -0.4 is 5.32 Å². The number of hydrogen-bond donors (Lipinski definition) is 2. The summed E-state index contributed by atoms with van der Waals surface area (Å²) in [5.41, 5.74) is 2.30. The van der Waals surface area contributed by atoms with E-state index >= 15 is 0 Å². The second-order valence-corrected chi connectivity index (χ2v) is 6.88. The lowest BCUT2D eigenvalue weighted by Crippen LogP contribution is -2.14. The molecule has 0 aliphatic heterocycles. The fraction of sp³-hybridized carbons (Fsp3) is 0.118. The number of carboxylic acids is 1. The number of hydrogen-bond acceptors (Lipinski definition) is 6. The molecule has 0 spiro atoms. The van der Waals surface area contributed by atoms with E-state index in [9.17, 15) is 9.59 Å². The van der Waals surface area contributed by atoms with E-state index < -0.39 is 5.97 Å². The molecule has 138 valence electrons. The van der Waals surface area contributed by atoms with Crippen molar-refractivity contribution in [2.24, 2.45) is 0 Å². The van der Waals surface area contributed by atoms with E-state index in [1.54, 1.807) is 6.07 Å². The van der Waals surface area contributed by atoms with Crippen molar-refractivity contribution in [2.45, 2.75) is 12.1 Å². The minimum Gasteiger partial charge on any atom is -0.478 e. The molecule has 0 bridgehead atoms. The van der Waals surface area contributed by atoms with Gasteiger partial charge in [-0.2, -0.15) is 4.68 Å². The highest BCUT2D eigenvalue weighted by Crippen LogP contribution is 2.23. The normalized spacial score (nSPS) is 10.6. The standard InChI is InChI=1S/C17H14ClN5O3S/c1-10-2-7-13(8-14(10)18)23-17(20-21-22-23)27-9-15(24)19-12-5-3-11(4-6-12)16(25)26/h2-8H,9H2,1H3,(H,19,24)(H,25,26). The first-order chi connectivity index (χ1) is 12.9. The summed E-state index contributed by atoms with van der Waals surface area (Å²) in [6.45, 7) is 1.90. The monoisotopic (exact) mass is 403 g/mol. The molecule has 1 heterocycles. The predicted octanol–water partition coefficient (Wildman–Crippen LogP) is 3.05. The molecule has 0 aliphatic rings. The van der Waals surface area contributed by atoms with Crippen LogP contribution in [0.1, 0.15) is 15.9 Å². The van der Waals surface area contributed by atoms with E-state index in [0.717, 1.165) is 5.56 Å². The minimum atomic E-state index is -1.02. The molecule has 0 fully saturated rings. The van der Waals surface area contributed by atoms with Crippen molar-refractivity contribution in [2.75, 3.05) is 11.1 Å². The quantitative estimate of drug-likeness (QED) is 0.608. The third-order valence-electron chi connectivity index (χ3n) is 3.59. The van der Waals surface area contributed by atoms with Crippen LogP contribution in [0.5, 0.6) is 0 Å². The number of amides is 1. The number of aromatic carboxylic acids is 1. The third-order valence-corrected chi connectivity index (χ3v) is 4.92. The molecule has 0 radical (unpaired) electrons. The van der Waals surface area contributed by atoms with Gasteiger partial charge < -0.3 is 10.4 Å². The third kappa shape index (κ3) is 4.63. The molecule has 3 rings (SSSR count). The first-order valence-corrected chi connectivity index (χ1v) is 9.11. The summed E-state index contributed by atoms with van der Waals surface area (Å²) in [5.74, 6) is -1.20. The number of benzene rings is 2. The first-order valence-electron chi connectivity index (χ1n) is 7.75. The number of tetrazole rings is 1. The van der Waals surface area contributed by atoms with Gasteiger partial charge in [0.15, 0.2) is 0 Å². The number of aromatic nitrogens is 4. The Balaban J connectivity index is 1.63. The topological polar surface area (TPSA) is 110 Å². The second kappa shape index (κ2) is 8.19. The van der Waals surface area contributed by atoms with Crippen molar-refractivity contribution in [3.8, 4) is 5.69 Å². The number of aryl methyl sites for hydroxylation is 1. The molecule has 0 aliphatic carbocycles. The fourth-order valence-corrected chi connectivity index (χ4v) is 3.03. The molecule has 2 N–H and O–H groups in total. The molecule has 10 heteroatoms. The van der Waals surface area contributed by atoms with Crippen LogP contribution in [0.2, 0.25) is 5.02 Å². The second-order valence-electron chi connectivity index (χ2n) is 5.53. The van der Waals surface area contributed by atoms with Gasteiger partial charge in [-0.15, -0.1) is 5.10 Å². The Morgan fingerprint density at radius 1 is 1.22 bits per heavy atom. The summed E-state index contributed by atoms with van der Waals surface area (Å²) in [6.07, 6.45) is 0. The SMILES string of the molecule is Cc1ccc(-n2nnnc2SCC(=O)Nc2ccc(C(=O)O)cc2)cc1Cl. The van der Waals surface area contributed by atoms with Crippen molar-refractivity contribution in [3.63, 3.8) is 0 Å². The Hall–Kier alpha value is -2.91. The van der Waals surface area contributed by atoms with Crippen LogP contribution in [0.3, 0.4) is 0 Å². The van der Waals surface area contributed by atoms with Gasteiger partial charge in [-0.05, 0) is 59.3 Å². The summed E-state index contributed by atoms with van der Waals surface area (Å²) < 4.78 is 1.50.